The quantitative estimate of drug-likeness (QED) is 0.734. The molecule has 4 heteroatoms. The Morgan fingerprint density at radius 3 is 2.86 bits per heavy atom. The van der Waals surface area contributed by atoms with Crippen LogP contribution in [0.25, 0.3) is 5.76 Å². The summed E-state index contributed by atoms with van der Waals surface area (Å²) in [6.45, 7) is 0. The minimum absolute atomic E-state index is 0.0202. The van der Waals surface area contributed by atoms with E-state index in [9.17, 15) is 9.90 Å². The van der Waals surface area contributed by atoms with Crippen LogP contribution in [-0.4, -0.2) is 16.8 Å². The van der Waals surface area contributed by atoms with Crippen LogP contribution in [0.1, 0.15) is 5.56 Å². The van der Waals surface area contributed by atoms with Gasteiger partial charge in [-0.1, -0.05) is 18.2 Å². The first kappa shape index (κ1) is 9.15. The third-order valence-electron chi connectivity index (χ3n) is 2.10. The average Bonchev–Trinajstić information content (AvgIpc) is 2.18. The van der Waals surface area contributed by atoms with E-state index in [-0.39, 0.29) is 5.76 Å². The number of rotatable bonds is 1. The first-order chi connectivity index (χ1) is 6.70. The Bertz CT molecular complexity index is 426. The summed E-state index contributed by atoms with van der Waals surface area (Å²) in [4.78, 5) is 11.9. The molecule has 0 aromatic heterocycles. The van der Waals surface area contributed by atoms with Gasteiger partial charge in [0.25, 0.3) is 0 Å². The normalized spacial score (nSPS) is 15.1. The number of aliphatic hydroxyl groups excluding tert-OH is 1. The van der Waals surface area contributed by atoms with Crippen LogP contribution in [-0.2, 0) is 4.79 Å². The van der Waals surface area contributed by atoms with Gasteiger partial charge in [-0.05, 0) is 6.07 Å². The predicted octanol–water partition coefficient (Wildman–Crippen LogP) is 1.55. The van der Waals surface area contributed by atoms with Gasteiger partial charge in [0.1, 0.15) is 5.76 Å². The first-order valence-corrected chi connectivity index (χ1v) is 5.13. The lowest BCUT2D eigenvalue weighted by Crippen LogP contribution is -2.19. The molecule has 14 heavy (non-hydrogen) atoms. The number of amides is 1. The molecule has 1 heterocycles. The van der Waals surface area contributed by atoms with Crippen LogP contribution in [0.15, 0.2) is 34.7 Å². The van der Waals surface area contributed by atoms with Gasteiger partial charge in [0.15, 0.2) is 0 Å². The van der Waals surface area contributed by atoms with Crippen LogP contribution in [0, 0.1) is 0 Å². The molecule has 0 saturated carbocycles. The lowest BCUT2D eigenvalue weighted by atomic mass is 10.1. The van der Waals surface area contributed by atoms with Gasteiger partial charge < -0.3 is 10.8 Å². The minimum Gasteiger partial charge on any atom is -0.507 e. The van der Waals surface area contributed by atoms with Gasteiger partial charge in [-0.2, -0.15) is 0 Å². The van der Waals surface area contributed by atoms with Gasteiger partial charge in [0.05, 0.1) is 5.57 Å². The molecular weight excluding hydrogens is 198 g/mol. The third-order valence-corrected chi connectivity index (χ3v) is 3.20. The Hall–Kier alpha value is -1.42. The predicted molar refractivity (Wildman–Crippen MR) is 55.9 cm³/mol. The number of nitrogens with two attached hydrogens (primary N) is 1. The SMILES string of the molecule is NC(=O)C1=C(O)c2ccccc2SC1. The first-order valence-electron chi connectivity index (χ1n) is 4.14. The third kappa shape index (κ3) is 1.37. The van der Waals surface area contributed by atoms with Crippen LogP contribution in [0.5, 0.6) is 0 Å². The second kappa shape index (κ2) is 3.38. The van der Waals surface area contributed by atoms with Gasteiger partial charge in [0.2, 0.25) is 5.91 Å². The highest BCUT2D eigenvalue weighted by Gasteiger charge is 2.21. The van der Waals surface area contributed by atoms with Crippen molar-refractivity contribution in [1.82, 2.24) is 0 Å². The Balaban J connectivity index is 2.56. The number of benzene rings is 1. The van der Waals surface area contributed by atoms with Gasteiger partial charge in [-0.3, -0.25) is 4.79 Å². The summed E-state index contributed by atoms with van der Waals surface area (Å²) in [5, 5.41) is 9.76. The molecule has 3 nitrogen and oxygen atoms in total. The molecule has 0 aliphatic carbocycles. The van der Waals surface area contributed by atoms with E-state index >= 15 is 0 Å². The summed E-state index contributed by atoms with van der Waals surface area (Å²) in [7, 11) is 0. The zero-order valence-electron chi connectivity index (χ0n) is 7.36. The maximum Gasteiger partial charge on any atom is 0.249 e. The van der Waals surface area contributed by atoms with E-state index in [1.807, 2.05) is 18.2 Å². The van der Waals surface area contributed by atoms with E-state index < -0.39 is 5.91 Å². The van der Waals surface area contributed by atoms with Gasteiger partial charge in [-0.25, -0.2) is 0 Å². The fourth-order valence-corrected chi connectivity index (χ4v) is 2.43. The lowest BCUT2D eigenvalue weighted by molar-refractivity contribution is -0.114. The number of aliphatic hydroxyl groups is 1. The Labute approximate surface area is 85.6 Å². The van der Waals surface area contributed by atoms with E-state index in [2.05, 4.69) is 0 Å². The Kier molecular flexibility index (Phi) is 2.21. The number of carbonyl (C=O) groups excluding carboxylic acids is 1. The maximum atomic E-state index is 11.0. The highest BCUT2D eigenvalue weighted by molar-refractivity contribution is 7.99. The van der Waals surface area contributed by atoms with Crippen LogP contribution in [0.3, 0.4) is 0 Å². The number of hydrogen-bond donors (Lipinski definition) is 2. The van der Waals surface area contributed by atoms with Gasteiger partial charge in [-0.15, -0.1) is 11.8 Å². The number of fused-ring (bicyclic) bond motifs is 1. The fraction of sp³-hybridized carbons (Fsp3) is 0.100. The number of thioether (sulfide) groups is 1. The summed E-state index contributed by atoms with van der Waals surface area (Å²) >= 11 is 1.51. The van der Waals surface area contributed by atoms with Crippen molar-refractivity contribution in [1.29, 1.82) is 0 Å². The molecule has 2 rings (SSSR count). The maximum absolute atomic E-state index is 11.0. The second-order valence-electron chi connectivity index (χ2n) is 2.98. The molecule has 0 spiro atoms. The number of hydrogen-bond acceptors (Lipinski definition) is 3. The molecular formula is C10H9NO2S. The fourth-order valence-electron chi connectivity index (χ4n) is 1.36. The van der Waals surface area contributed by atoms with E-state index in [0.29, 0.717) is 16.9 Å². The highest BCUT2D eigenvalue weighted by atomic mass is 32.2. The van der Waals surface area contributed by atoms with Crippen molar-refractivity contribution in [3.05, 3.63) is 35.4 Å². The Morgan fingerprint density at radius 1 is 1.43 bits per heavy atom. The monoisotopic (exact) mass is 207 g/mol. The van der Waals surface area contributed by atoms with Crippen molar-refractivity contribution >= 4 is 23.4 Å². The minimum atomic E-state index is -0.551. The number of primary amides is 1. The van der Waals surface area contributed by atoms with Crippen molar-refractivity contribution in [2.75, 3.05) is 5.75 Å². The molecule has 0 fully saturated rings. The molecule has 3 N–H and O–H groups in total. The summed E-state index contributed by atoms with van der Waals surface area (Å²) in [6.07, 6.45) is 0. The van der Waals surface area contributed by atoms with Crippen molar-refractivity contribution in [3.8, 4) is 0 Å². The van der Waals surface area contributed by atoms with Crippen molar-refractivity contribution in [3.63, 3.8) is 0 Å². The summed E-state index contributed by atoms with van der Waals surface area (Å²) < 4.78 is 0. The van der Waals surface area contributed by atoms with Crippen molar-refractivity contribution < 1.29 is 9.90 Å². The zero-order chi connectivity index (χ0) is 10.1. The highest BCUT2D eigenvalue weighted by Crippen LogP contribution is 2.35. The summed E-state index contributed by atoms with van der Waals surface area (Å²) in [5.41, 5.74) is 6.14. The Morgan fingerprint density at radius 2 is 2.14 bits per heavy atom. The van der Waals surface area contributed by atoms with Crippen LogP contribution in [0.2, 0.25) is 0 Å². The van der Waals surface area contributed by atoms with Crippen LogP contribution in [0.4, 0.5) is 0 Å². The topological polar surface area (TPSA) is 63.3 Å². The molecule has 1 amide bonds. The molecule has 0 radical (unpaired) electrons. The van der Waals surface area contributed by atoms with Crippen molar-refractivity contribution in [2.24, 2.45) is 5.73 Å². The molecule has 0 unspecified atom stereocenters. The largest absolute Gasteiger partial charge is 0.507 e. The van der Waals surface area contributed by atoms with E-state index in [4.69, 9.17) is 5.73 Å². The molecule has 1 aliphatic rings. The van der Waals surface area contributed by atoms with Gasteiger partial charge in [0, 0.05) is 16.2 Å². The van der Waals surface area contributed by atoms with E-state index in [1.54, 1.807) is 6.07 Å². The number of carbonyl (C=O) groups is 1. The average molecular weight is 207 g/mol. The molecule has 1 aromatic carbocycles. The zero-order valence-corrected chi connectivity index (χ0v) is 8.17. The van der Waals surface area contributed by atoms with E-state index in [0.717, 1.165) is 4.90 Å². The standard InChI is InChI=1S/C10H9NO2S/c11-10(13)7-5-14-8-4-2-1-3-6(8)9(7)12/h1-4,12H,5H2,(H2,11,13). The van der Waals surface area contributed by atoms with Crippen LogP contribution >= 0.6 is 11.8 Å². The smallest absolute Gasteiger partial charge is 0.249 e. The van der Waals surface area contributed by atoms with E-state index in [1.165, 1.54) is 11.8 Å². The van der Waals surface area contributed by atoms with Gasteiger partial charge >= 0.3 is 0 Å². The molecule has 0 saturated heterocycles. The van der Waals surface area contributed by atoms with Crippen molar-refractivity contribution in [2.45, 2.75) is 4.90 Å². The summed E-state index contributed by atoms with van der Waals surface area (Å²) in [5.74, 6) is -0.0885. The second-order valence-corrected chi connectivity index (χ2v) is 3.99. The molecule has 1 aromatic rings. The summed E-state index contributed by atoms with van der Waals surface area (Å²) in [6, 6.07) is 7.40. The van der Waals surface area contributed by atoms with Crippen LogP contribution < -0.4 is 5.73 Å². The molecule has 0 atom stereocenters. The molecule has 0 bridgehead atoms. The molecule has 72 valence electrons. The lowest BCUT2D eigenvalue weighted by Gasteiger charge is -2.16. The molecule has 1 aliphatic heterocycles.